The molecule has 2 fully saturated rings. The first-order valence-electron chi connectivity index (χ1n) is 10.8. The van der Waals surface area contributed by atoms with Crippen LogP contribution in [0.2, 0.25) is 0 Å². The van der Waals surface area contributed by atoms with Crippen LogP contribution < -0.4 is 5.32 Å². The Morgan fingerprint density at radius 3 is 2.53 bits per heavy atom. The molecule has 0 bridgehead atoms. The van der Waals surface area contributed by atoms with Crippen LogP contribution in [0.25, 0.3) is 0 Å². The van der Waals surface area contributed by atoms with E-state index in [1.807, 2.05) is 54.6 Å². The Morgan fingerprint density at radius 1 is 1.07 bits per heavy atom. The summed E-state index contributed by atoms with van der Waals surface area (Å²) >= 11 is 0. The number of nitrogens with zero attached hydrogens (tertiary/aromatic N) is 1. The first-order chi connectivity index (χ1) is 14.7. The maximum Gasteiger partial charge on any atom is 0.246 e. The number of hydrogen-bond acceptors (Lipinski definition) is 4. The van der Waals surface area contributed by atoms with Crippen LogP contribution in [0.1, 0.15) is 42.9 Å². The predicted molar refractivity (Wildman–Crippen MR) is 121 cm³/mol. The number of benzene rings is 2. The highest BCUT2D eigenvalue weighted by molar-refractivity contribution is 7.84. The third kappa shape index (κ3) is 5.36. The van der Waals surface area contributed by atoms with Crippen molar-refractivity contribution in [1.29, 1.82) is 0 Å². The number of rotatable bonds is 7. The molecular formula is C24H30N2O3S. The first-order valence-corrected chi connectivity index (χ1v) is 12.2. The molecule has 1 N–H and O–H groups in total. The van der Waals surface area contributed by atoms with Gasteiger partial charge in [0, 0.05) is 40.7 Å². The molecule has 160 valence electrons. The molecule has 0 radical (unpaired) electrons. The van der Waals surface area contributed by atoms with Crippen molar-refractivity contribution in [2.24, 2.45) is 0 Å². The fraction of sp³-hybridized carbons (Fsp3) is 0.458. The third-order valence-corrected chi connectivity index (χ3v) is 7.75. The number of amides is 1. The fourth-order valence-electron chi connectivity index (χ4n) is 4.33. The molecule has 0 spiro atoms. The fourth-order valence-corrected chi connectivity index (χ4v) is 5.80. The Kier molecular flexibility index (Phi) is 7.31. The van der Waals surface area contributed by atoms with Crippen LogP contribution in [0, 0.1) is 0 Å². The molecule has 2 atom stereocenters. The van der Waals surface area contributed by atoms with Gasteiger partial charge in [-0.3, -0.25) is 13.9 Å². The molecule has 5 nitrogen and oxygen atoms in total. The average Bonchev–Trinajstić information content (AvgIpc) is 3.30. The van der Waals surface area contributed by atoms with Crippen LogP contribution in [-0.4, -0.2) is 46.6 Å². The van der Waals surface area contributed by atoms with E-state index in [9.17, 15) is 9.00 Å². The molecular weight excluding hydrogens is 396 g/mol. The van der Waals surface area contributed by atoms with Gasteiger partial charge in [-0.25, -0.2) is 0 Å². The van der Waals surface area contributed by atoms with Gasteiger partial charge in [0.25, 0.3) is 0 Å². The number of anilines is 1. The Balaban J connectivity index is 1.45. The van der Waals surface area contributed by atoms with Gasteiger partial charge in [-0.15, -0.1) is 0 Å². The van der Waals surface area contributed by atoms with E-state index in [0.717, 1.165) is 55.6 Å². The standard InChI is InChI=1S/C24H30N2O3S/c27-24(23(26-13-4-5-14-26)20-8-2-1-3-9-20)25-21-10-6-7-19(17-21)18-30(28)22-11-15-29-16-12-22/h1-3,6-10,17,22-23H,4-5,11-16,18H2,(H,25,27). The predicted octanol–water partition coefficient (Wildman–Crippen LogP) is 3.89. The van der Waals surface area contributed by atoms with Crippen LogP contribution >= 0.6 is 0 Å². The van der Waals surface area contributed by atoms with E-state index in [1.165, 1.54) is 0 Å². The summed E-state index contributed by atoms with van der Waals surface area (Å²) in [6.45, 7) is 3.28. The van der Waals surface area contributed by atoms with Crippen molar-refractivity contribution in [2.45, 2.75) is 42.7 Å². The summed E-state index contributed by atoms with van der Waals surface area (Å²) < 4.78 is 18.1. The van der Waals surface area contributed by atoms with E-state index < -0.39 is 10.8 Å². The van der Waals surface area contributed by atoms with Crippen LogP contribution in [0.15, 0.2) is 54.6 Å². The number of nitrogens with one attached hydrogen (secondary N) is 1. The van der Waals surface area contributed by atoms with Crippen LogP contribution in [-0.2, 0) is 26.1 Å². The molecule has 2 aromatic rings. The second-order valence-electron chi connectivity index (χ2n) is 8.08. The highest BCUT2D eigenvalue weighted by Crippen LogP contribution is 2.27. The largest absolute Gasteiger partial charge is 0.381 e. The van der Waals surface area contributed by atoms with Crippen LogP contribution in [0.5, 0.6) is 0 Å². The summed E-state index contributed by atoms with van der Waals surface area (Å²) in [5.74, 6) is 0.508. The zero-order valence-corrected chi connectivity index (χ0v) is 18.1. The van der Waals surface area contributed by atoms with Crippen molar-refractivity contribution in [3.05, 3.63) is 65.7 Å². The third-order valence-electron chi connectivity index (χ3n) is 5.91. The lowest BCUT2D eigenvalue weighted by Crippen LogP contribution is -2.35. The summed E-state index contributed by atoms with van der Waals surface area (Å²) in [4.78, 5) is 15.5. The smallest absolute Gasteiger partial charge is 0.246 e. The van der Waals surface area contributed by atoms with Crippen molar-refractivity contribution in [3.8, 4) is 0 Å². The molecule has 2 aliphatic rings. The monoisotopic (exact) mass is 426 g/mol. The van der Waals surface area contributed by atoms with Gasteiger partial charge in [-0.1, -0.05) is 42.5 Å². The molecule has 0 aromatic heterocycles. The van der Waals surface area contributed by atoms with E-state index in [4.69, 9.17) is 4.74 Å². The first kappa shape index (κ1) is 21.2. The maximum absolute atomic E-state index is 13.3. The minimum absolute atomic E-state index is 0.00852. The zero-order chi connectivity index (χ0) is 20.8. The topological polar surface area (TPSA) is 58.6 Å². The molecule has 2 aliphatic heterocycles. The number of ether oxygens (including phenoxy) is 1. The second-order valence-corrected chi connectivity index (χ2v) is 9.80. The second kappa shape index (κ2) is 10.3. The number of hydrogen-bond donors (Lipinski definition) is 1. The lowest BCUT2D eigenvalue weighted by atomic mass is 10.0. The molecule has 6 heteroatoms. The Hall–Kier alpha value is -2.02. The maximum atomic E-state index is 13.3. The molecule has 4 rings (SSSR count). The van der Waals surface area contributed by atoms with Crippen molar-refractivity contribution in [1.82, 2.24) is 4.90 Å². The number of carbonyl (C=O) groups excluding carboxylic acids is 1. The lowest BCUT2D eigenvalue weighted by molar-refractivity contribution is -0.121. The van der Waals surface area contributed by atoms with Gasteiger partial charge in [-0.2, -0.15) is 0 Å². The van der Waals surface area contributed by atoms with E-state index in [2.05, 4.69) is 10.2 Å². The summed E-state index contributed by atoms with van der Waals surface area (Å²) in [5.41, 5.74) is 2.78. The Morgan fingerprint density at radius 2 is 1.80 bits per heavy atom. The zero-order valence-electron chi connectivity index (χ0n) is 17.3. The molecule has 2 unspecified atom stereocenters. The van der Waals surface area contributed by atoms with Crippen LogP contribution in [0.3, 0.4) is 0 Å². The van der Waals surface area contributed by atoms with Crippen molar-refractivity contribution >= 4 is 22.4 Å². The Labute approximate surface area is 181 Å². The summed E-state index contributed by atoms with van der Waals surface area (Å²) in [5, 5.41) is 3.31. The Bertz CT molecular complexity index is 862. The minimum Gasteiger partial charge on any atom is -0.381 e. The lowest BCUT2D eigenvalue weighted by Gasteiger charge is -2.27. The average molecular weight is 427 g/mol. The van der Waals surface area contributed by atoms with Crippen LogP contribution in [0.4, 0.5) is 5.69 Å². The highest BCUT2D eigenvalue weighted by atomic mass is 32.2. The van der Waals surface area contributed by atoms with Gasteiger partial charge >= 0.3 is 0 Å². The van der Waals surface area contributed by atoms with Crippen molar-refractivity contribution < 1.29 is 13.7 Å². The van der Waals surface area contributed by atoms with Gasteiger partial charge in [0.2, 0.25) is 5.91 Å². The van der Waals surface area contributed by atoms with E-state index in [-0.39, 0.29) is 17.2 Å². The van der Waals surface area contributed by atoms with Gasteiger partial charge < -0.3 is 10.1 Å². The normalized spacial score (nSPS) is 20.0. The van der Waals surface area contributed by atoms with E-state index >= 15 is 0 Å². The van der Waals surface area contributed by atoms with E-state index in [0.29, 0.717) is 19.0 Å². The summed E-state index contributed by atoms with van der Waals surface area (Å²) in [6, 6.07) is 17.5. The SMILES string of the molecule is O=C(Nc1cccc(CS(=O)C2CCOCC2)c1)C(c1ccccc1)N1CCCC1. The molecule has 2 heterocycles. The number of likely N-dealkylation sites (tertiary alicyclic amines) is 1. The molecule has 2 saturated heterocycles. The number of carbonyl (C=O) groups is 1. The minimum atomic E-state index is -0.920. The van der Waals surface area contributed by atoms with Gasteiger partial charge in [0.15, 0.2) is 0 Å². The molecule has 30 heavy (non-hydrogen) atoms. The summed E-state index contributed by atoms with van der Waals surface area (Å²) in [6.07, 6.45) is 3.98. The quantitative estimate of drug-likeness (QED) is 0.730. The van der Waals surface area contributed by atoms with Gasteiger partial charge in [0.05, 0.1) is 0 Å². The highest BCUT2D eigenvalue weighted by Gasteiger charge is 2.29. The summed E-state index contributed by atoms with van der Waals surface area (Å²) in [7, 11) is -0.920. The molecule has 1 amide bonds. The van der Waals surface area contributed by atoms with Crippen molar-refractivity contribution in [2.75, 3.05) is 31.6 Å². The van der Waals surface area contributed by atoms with Crippen molar-refractivity contribution in [3.63, 3.8) is 0 Å². The van der Waals surface area contributed by atoms with Gasteiger partial charge in [-0.05, 0) is 62.0 Å². The molecule has 2 aromatic carbocycles. The molecule has 0 aliphatic carbocycles. The van der Waals surface area contributed by atoms with E-state index in [1.54, 1.807) is 0 Å². The molecule has 0 saturated carbocycles. The van der Waals surface area contributed by atoms with Gasteiger partial charge in [0.1, 0.15) is 6.04 Å².